The minimum Gasteiger partial charge on any atom is -0.365 e. The van der Waals surface area contributed by atoms with Crippen LogP contribution < -0.4 is 5.73 Å². The van der Waals surface area contributed by atoms with E-state index < -0.39 is 0 Å². The summed E-state index contributed by atoms with van der Waals surface area (Å²) in [6.07, 6.45) is 6.47. The maximum atomic E-state index is 5.56. The Labute approximate surface area is 67.7 Å². The minimum atomic E-state index is 0.0972. The molecule has 0 fully saturated rings. The highest BCUT2D eigenvalue weighted by atomic mass is 16.5. The van der Waals surface area contributed by atoms with Crippen molar-refractivity contribution in [3.8, 4) is 0 Å². The summed E-state index contributed by atoms with van der Waals surface area (Å²) in [5.74, 6) is 0. The monoisotopic (exact) mass is 153 g/mol. The van der Waals surface area contributed by atoms with Crippen LogP contribution in [-0.2, 0) is 4.74 Å². The molecule has 0 bridgehead atoms. The van der Waals surface area contributed by atoms with Crippen LogP contribution in [0.5, 0.6) is 0 Å². The molecule has 0 radical (unpaired) electrons. The molecule has 1 rings (SSSR count). The molecule has 0 aromatic carbocycles. The third-order valence-electron chi connectivity index (χ3n) is 1.86. The number of hydrogen-bond donors (Lipinski definition) is 1. The molecular formula is C9H15NO. The van der Waals surface area contributed by atoms with Crippen molar-refractivity contribution in [2.75, 3.05) is 6.54 Å². The summed E-state index contributed by atoms with van der Waals surface area (Å²) >= 11 is 0. The maximum absolute atomic E-state index is 5.56. The molecular weight excluding hydrogens is 138 g/mol. The van der Waals surface area contributed by atoms with Crippen molar-refractivity contribution < 1.29 is 4.74 Å². The van der Waals surface area contributed by atoms with Gasteiger partial charge in [0.15, 0.2) is 0 Å². The van der Waals surface area contributed by atoms with Gasteiger partial charge >= 0.3 is 0 Å². The molecule has 0 aromatic rings. The van der Waals surface area contributed by atoms with E-state index >= 15 is 0 Å². The van der Waals surface area contributed by atoms with E-state index in [-0.39, 0.29) is 12.2 Å². The van der Waals surface area contributed by atoms with Gasteiger partial charge in [0, 0.05) is 6.54 Å². The molecule has 2 atom stereocenters. The van der Waals surface area contributed by atoms with Crippen LogP contribution in [0.4, 0.5) is 0 Å². The van der Waals surface area contributed by atoms with Crippen molar-refractivity contribution in [2.45, 2.75) is 26.1 Å². The van der Waals surface area contributed by atoms with Crippen molar-refractivity contribution in [1.82, 2.24) is 0 Å². The summed E-state index contributed by atoms with van der Waals surface area (Å²) in [5.41, 5.74) is 6.72. The van der Waals surface area contributed by atoms with Gasteiger partial charge in [0.05, 0.1) is 12.2 Å². The fourth-order valence-corrected chi connectivity index (χ4v) is 1.21. The van der Waals surface area contributed by atoms with Gasteiger partial charge in [-0.25, -0.2) is 0 Å². The molecule has 1 aliphatic rings. The second-order valence-corrected chi connectivity index (χ2v) is 2.71. The summed E-state index contributed by atoms with van der Waals surface area (Å²) in [5, 5.41) is 0. The topological polar surface area (TPSA) is 35.2 Å². The van der Waals surface area contributed by atoms with E-state index in [2.05, 4.69) is 6.08 Å². The van der Waals surface area contributed by atoms with Gasteiger partial charge in [0.2, 0.25) is 0 Å². The van der Waals surface area contributed by atoms with Gasteiger partial charge in [-0.05, 0) is 19.4 Å². The van der Waals surface area contributed by atoms with Gasteiger partial charge in [0.25, 0.3) is 0 Å². The lowest BCUT2D eigenvalue weighted by Gasteiger charge is -2.24. The molecule has 62 valence electrons. The Kier molecular flexibility index (Phi) is 2.85. The second-order valence-electron chi connectivity index (χ2n) is 2.71. The van der Waals surface area contributed by atoms with Crippen molar-refractivity contribution in [3.05, 3.63) is 23.8 Å². The van der Waals surface area contributed by atoms with Gasteiger partial charge in [-0.1, -0.05) is 18.2 Å². The molecule has 11 heavy (non-hydrogen) atoms. The highest BCUT2D eigenvalue weighted by molar-refractivity contribution is 5.26. The highest BCUT2D eigenvalue weighted by Gasteiger charge is 2.16. The van der Waals surface area contributed by atoms with Gasteiger partial charge < -0.3 is 10.5 Å². The zero-order valence-corrected chi connectivity index (χ0v) is 7.08. The van der Waals surface area contributed by atoms with E-state index in [0.29, 0.717) is 6.54 Å². The van der Waals surface area contributed by atoms with Crippen LogP contribution in [0.1, 0.15) is 13.8 Å². The molecule has 1 heterocycles. The summed E-state index contributed by atoms with van der Waals surface area (Å²) < 4.78 is 5.56. The third-order valence-corrected chi connectivity index (χ3v) is 1.86. The summed E-state index contributed by atoms with van der Waals surface area (Å²) in [6.45, 7) is 4.58. The first-order valence-corrected chi connectivity index (χ1v) is 3.98. The van der Waals surface area contributed by atoms with Crippen LogP contribution in [0.25, 0.3) is 0 Å². The zero-order chi connectivity index (χ0) is 8.27. The first-order valence-electron chi connectivity index (χ1n) is 3.98. The molecule has 0 saturated heterocycles. The van der Waals surface area contributed by atoms with Crippen LogP contribution in [0, 0.1) is 0 Å². The molecule has 0 aliphatic carbocycles. The molecule has 0 saturated carbocycles. The molecule has 2 heteroatoms. The van der Waals surface area contributed by atoms with Crippen LogP contribution in [0.2, 0.25) is 0 Å². The Morgan fingerprint density at radius 1 is 1.73 bits per heavy atom. The highest BCUT2D eigenvalue weighted by Crippen LogP contribution is 2.16. The predicted octanol–water partition coefficient (Wildman–Crippen LogP) is 1.23. The predicted molar refractivity (Wildman–Crippen MR) is 46.3 cm³/mol. The van der Waals surface area contributed by atoms with Crippen molar-refractivity contribution in [1.29, 1.82) is 0 Å². The standard InChI is InChI=1S/C9H15NO/c1-3-8-5-4-7(2)11-9(8)6-10/h3-5,7,9H,6,10H2,1-2H3/b8-3-/t7-,9?/m1/s1. The SMILES string of the molecule is C/C=C1/C=C[C@@H](C)OC1CN. The lowest BCUT2D eigenvalue weighted by Crippen LogP contribution is -2.31. The lowest BCUT2D eigenvalue weighted by atomic mass is 10.1. The smallest absolute Gasteiger partial charge is 0.0951 e. The summed E-state index contributed by atoms with van der Waals surface area (Å²) in [7, 11) is 0. The Hall–Kier alpha value is -0.600. The van der Waals surface area contributed by atoms with Crippen LogP contribution >= 0.6 is 0 Å². The van der Waals surface area contributed by atoms with Gasteiger partial charge in [0.1, 0.15) is 0 Å². The molecule has 1 unspecified atom stereocenters. The van der Waals surface area contributed by atoms with E-state index in [0.717, 1.165) is 0 Å². The fourth-order valence-electron chi connectivity index (χ4n) is 1.21. The molecule has 0 spiro atoms. The zero-order valence-electron chi connectivity index (χ0n) is 7.08. The number of nitrogens with two attached hydrogens (primary N) is 1. The number of hydrogen-bond acceptors (Lipinski definition) is 2. The Balaban J connectivity index is 2.72. The maximum Gasteiger partial charge on any atom is 0.0951 e. The summed E-state index contributed by atoms with van der Waals surface area (Å²) in [6, 6.07) is 0. The van der Waals surface area contributed by atoms with Gasteiger partial charge in [-0.3, -0.25) is 0 Å². The second kappa shape index (κ2) is 3.69. The first-order chi connectivity index (χ1) is 5.27. The van der Waals surface area contributed by atoms with Crippen molar-refractivity contribution in [2.24, 2.45) is 5.73 Å². The Morgan fingerprint density at radius 3 is 3.00 bits per heavy atom. The number of rotatable bonds is 1. The summed E-state index contributed by atoms with van der Waals surface area (Å²) in [4.78, 5) is 0. The van der Waals surface area contributed by atoms with E-state index in [1.807, 2.05) is 26.0 Å². The van der Waals surface area contributed by atoms with E-state index in [9.17, 15) is 0 Å². The third kappa shape index (κ3) is 1.91. The van der Waals surface area contributed by atoms with Crippen molar-refractivity contribution >= 4 is 0 Å². The average Bonchev–Trinajstić information content (AvgIpc) is 2.04. The quantitative estimate of drug-likeness (QED) is 0.615. The normalized spacial score (nSPS) is 34.6. The average molecular weight is 153 g/mol. The molecule has 2 nitrogen and oxygen atoms in total. The van der Waals surface area contributed by atoms with Crippen LogP contribution in [-0.4, -0.2) is 18.8 Å². The molecule has 0 aromatic heterocycles. The van der Waals surface area contributed by atoms with E-state index in [1.165, 1.54) is 5.57 Å². The minimum absolute atomic E-state index is 0.0972. The largest absolute Gasteiger partial charge is 0.365 e. The van der Waals surface area contributed by atoms with Gasteiger partial charge in [-0.2, -0.15) is 0 Å². The van der Waals surface area contributed by atoms with E-state index in [4.69, 9.17) is 10.5 Å². The Bertz CT molecular complexity index is 184. The molecule has 0 amide bonds. The Morgan fingerprint density at radius 2 is 2.45 bits per heavy atom. The van der Waals surface area contributed by atoms with Crippen LogP contribution in [0.15, 0.2) is 23.8 Å². The fraction of sp³-hybridized carbons (Fsp3) is 0.556. The molecule has 2 N–H and O–H groups in total. The van der Waals surface area contributed by atoms with Gasteiger partial charge in [-0.15, -0.1) is 0 Å². The number of ether oxygens (including phenoxy) is 1. The molecule has 1 aliphatic heterocycles. The first kappa shape index (κ1) is 8.50. The lowest BCUT2D eigenvalue weighted by molar-refractivity contribution is 0.0458. The van der Waals surface area contributed by atoms with Crippen LogP contribution in [0.3, 0.4) is 0 Å². The number of allylic oxidation sites excluding steroid dienone is 1. The van der Waals surface area contributed by atoms with E-state index in [1.54, 1.807) is 0 Å². The van der Waals surface area contributed by atoms with Crippen molar-refractivity contribution in [3.63, 3.8) is 0 Å².